The fourth-order valence-electron chi connectivity index (χ4n) is 3.52. The minimum atomic E-state index is -0.635. The number of rotatable bonds is 4. The van der Waals surface area contributed by atoms with Crippen molar-refractivity contribution in [1.29, 1.82) is 0 Å². The number of anilines is 4. The third-order valence-corrected chi connectivity index (χ3v) is 5.44. The number of halogens is 1. The van der Waals surface area contributed by atoms with Crippen molar-refractivity contribution in [1.82, 2.24) is 5.43 Å². The zero-order chi connectivity index (χ0) is 24.8. The highest BCUT2D eigenvalue weighted by Crippen LogP contribution is 2.24. The Hall–Kier alpha value is -4.37. The lowest BCUT2D eigenvalue weighted by molar-refractivity contribution is -0.129. The van der Waals surface area contributed by atoms with Crippen molar-refractivity contribution in [3.63, 3.8) is 0 Å². The molecule has 0 atom stereocenters. The lowest BCUT2D eigenvalue weighted by Crippen LogP contribution is -2.50. The van der Waals surface area contributed by atoms with E-state index in [1.165, 1.54) is 0 Å². The van der Waals surface area contributed by atoms with E-state index in [2.05, 4.69) is 16.1 Å². The van der Waals surface area contributed by atoms with Gasteiger partial charge < -0.3 is 10.6 Å². The van der Waals surface area contributed by atoms with Crippen LogP contribution in [-0.4, -0.2) is 23.9 Å². The summed E-state index contributed by atoms with van der Waals surface area (Å²) >= 11 is 5.87. The molecule has 1 fully saturated rings. The van der Waals surface area contributed by atoms with Crippen LogP contribution >= 0.6 is 11.6 Å². The van der Waals surface area contributed by atoms with Gasteiger partial charge in [-0.05, 0) is 67.1 Å². The van der Waals surface area contributed by atoms with E-state index in [9.17, 15) is 19.2 Å². The molecule has 1 aliphatic rings. The Morgan fingerprint density at radius 3 is 1.97 bits per heavy atom. The van der Waals surface area contributed by atoms with Gasteiger partial charge in [-0.25, -0.2) is 20.0 Å². The summed E-state index contributed by atoms with van der Waals surface area (Å²) in [6.45, 7) is 0. The molecule has 4 rings (SSSR count). The van der Waals surface area contributed by atoms with Gasteiger partial charge in [0.2, 0.25) is 11.8 Å². The van der Waals surface area contributed by atoms with E-state index in [1.807, 2.05) is 0 Å². The number of para-hydroxylation sites is 1. The quantitative estimate of drug-likeness (QED) is 0.346. The number of carbonyl (C=O) groups is 4. The number of amides is 6. The van der Waals surface area contributed by atoms with Crippen LogP contribution in [0.4, 0.5) is 32.3 Å². The van der Waals surface area contributed by atoms with Crippen molar-refractivity contribution in [3.05, 3.63) is 83.9 Å². The first kappa shape index (κ1) is 23.8. The zero-order valence-corrected chi connectivity index (χ0v) is 19.3. The summed E-state index contributed by atoms with van der Waals surface area (Å²) in [4.78, 5) is 51.1. The Labute approximate surface area is 206 Å². The van der Waals surface area contributed by atoms with E-state index >= 15 is 0 Å². The Balaban J connectivity index is 1.47. The van der Waals surface area contributed by atoms with Gasteiger partial charge in [-0.1, -0.05) is 29.8 Å². The van der Waals surface area contributed by atoms with Gasteiger partial charge >= 0.3 is 12.1 Å². The number of nitrogens with one attached hydrogen (secondary N) is 3. The van der Waals surface area contributed by atoms with Crippen LogP contribution in [0.15, 0.2) is 78.9 Å². The van der Waals surface area contributed by atoms with E-state index in [1.54, 1.807) is 78.9 Å². The molecule has 1 heterocycles. The lowest BCUT2D eigenvalue weighted by atomic mass is 10.1. The molecule has 35 heavy (non-hydrogen) atoms. The maximum Gasteiger partial charge on any atom is 0.345 e. The lowest BCUT2D eigenvalue weighted by Gasteiger charge is -2.25. The second-order valence-corrected chi connectivity index (χ2v) is 8.13. The molecular weight excluding hydrogens is 470 g/mol. The number of imide groups is 1. The maximum atomic E-state index is 13.1. The van der Waals surface area contributed by atoms with Crippen molar-refractivity contribution < 1.29 is 19.2 Å². The number of piperidine rings is 1. The Morgan fingerprint density at radius 2 is 1.34 bits per heavy atom. The van der Waals surface area contributed by atoms with E-state index < -0.39 is 12.1 Å². The van der Waals surface area contributed by atoms with Crippen LogP contribution in [-0.2, 0) is 9.59 Å². The topological polar surface area (TPSA) is 111 Å². The summed E-state index contributed by atoms with van der Waals surface area (Å²) in [7, 11) is 0. The molecule has 1 aliphatic heterocycles. The van der Waals surface area contributed by atoms with Gasteiger partial charge in [-0.3, -0.25) is 14.5 Å². The van der Waals surface area contributed by atoms with Crippen molar-refractivity contribution in [3.8, 4) is 0 Å². The fraction of sp³-hybridized carbons (Fsp3) is 0.120. The van der Waals surface area contributed by atoms with Crippen LogP contribution in [0.5, 0.6) is 0 Å². The number of benzene rings is 3. The Bertz CT molecular complexity index is 1220. The first-order valence-electron chi connectivity index (χ1n) is 10.9. The van der Waals surface area contributed by atoms with Gasteiger partial charge in [0, 0.05) is 29.2 Å². The number of hydrogen-bond donors (Lipinski definition) is 3. The molecule has 9 nitrogen and oxygen atoms in total. The second-order valence-electron chi connectivity index (χ2n) is 7.70. The van der Waals surface area contributed by atoms with Crippen LogP contribution < -0.4 is 26.0 Å². The van der Waals surface area contributed by atoms with E-state index in [0.717, 1.165) is 9.91 Å². The van der Waals surface area contributed by atoms with Crippen molar-refractivity contribution in [2.45, 2.75) is 19.3 Å². The summed E-state index contributed by atoms with van der Waals surface area (Å²) in [6.07, 6.45) is 1.19. The number of nitrogens with zero attached hydrogens (tertiary/aromatic N) is 2. The minimum Gasteiger partial charge on any atom is -0.307 e. The average molecular weight is 492 g/mol. The van der Waals surface area contributed by atoms with Gasteiger partial charge in [0.15, 0.2) is 0 Å². The molecule has 1 saturated heterocycles. The summed E-state index contributed by atoms with van der Waals surface area (Å²) < 4.78 is 0. The molecule has 0 radical (unpaired) electrons. The predicted molar refractivity (Wildman–Crippen MR) is 134 cm³/mol. The highest BCUT2D eigenvalue weighted by molar-refractivity contribution is 6.30. The normalized spacial score (nSPS) is 13.2. The molecule has 0 aliphatic carbocycles. The standard InChI is InChI=1S/C25H22ClN5O4/c26-17-9-11-18(12-10-17)27-24(34)29-31(21-5-2-1-3-6-21)25(35)28-19-13-15-20(16-14-19)30-22(32)7-4-8-23(30)33/h1-3,5-6,9-16H,4,7-8H2,(H,28,35)(H2,27,29,34). The molecule has 0 saturated carbocycles. The number of hydrogen-bond acceptors (Lipinski definition) is 4. The molecule has 3 aromatic rings. The molecular formula is C25H22ClN5O4. The van der Waals surface area contributed by atoms with Gasteiger partial charge in [0.05, 0.1) is 11.4 Å². The van der Waals surface area contributed by atoms with Gasteiger partial charge in [0.25, 0.3) is 0 Å². The second kappa shape index (κ2) is 10.7. The van der Waals surface area contributed by atoms with Gasteiger partial charge in [0.1, 0.15) is 0 Å². The first-order valence-corrected chi connectivity index (χ1v) is 11.2. The zero-order valence-electron chi connectivity index (χ0n) is 18.5. The summed E-state index contributed by atoms with van der Waals surface area (Å²) in [5.74, 6) is -0.492. The maximum absolute atomic E-state index is 13.1. The van der Waals surface area contributed by atoms with Gasteiger partial charge in [-0.15, -0.1) is 0 Å². The van der Waals surface area contributed by atoms with Crippen molar-refractivity contribution >= 4 is 58.2 Å². The number of hydrazine groups is 1. The largest absolute Gasteiger partial charge is 0.345 e. The molecule has 6 amide bonds. The van der Waals surface area contributed by atoms with Gasteiger partial charge in [-0.2, -0.15) is 0 Å². The van der Waals surface area contributed by atoms with Crippen LogP contribution in [0.3, 0.4) is 0 Å². The van der Waals surface area contributed by atoms with Crippen molar-refractivity contribution in [2.24, 2.45) is 0 Å². The molecule has 10 heteroatoms. The third-order valence-electron chi connectivity index (χ3n) is 5.19. The molecule has 0 bridgehead atoms. The average Bonchev–Trinajstić information content (AvgIpc) is 2.85. The van der Waals surface area contributed by atoms with Crippen LogP contribution in [0.25, 0.3) is 0 Å². The minimum absolute atomic E-state index is 0.246. The number of urea groups is 2. The number of carbonyl (C=O) groups excluding carboxylic acids is 4. The summed E-state index contributed by atoms with van der Waals surface area (Å²) in [5.41, 5.74) is 4.31. The monoisotopic (exact) mass is 491 g/mol. The van der Waals surface area contributed by atoms with Crippen LogP contribution in [0.1, 0.15) is 19.3 Å². The predicted octanol–water partition coefficient (Wildman–Crippen LogP) is 5.16. The Kier molecular flexibility index (Phi) is 7.27. The SMILES string of the molecule is O=C(Nc1ccc(Cl)cc1)NN(C(=O)Nc1ccc(N2C(=O)CCCC2=O)cc1)c1ccccc1. The summed E-state index contributed by atoms with van der Waals surface area (Å²) in [5, 5.41) is 6.94. The smallest absolute Gasteiger partial charge is 0.307 e. The first-order chi connectivity index (χ1) is 16.9. The highest BCUT2D eigenvalue weighted by Gasteiger charge is 2.27. The van der Waals surface area contributed by atoms with E-state index in [4.69, 9.17) is 11.6 Å². The van der Waals surface area contributed by atoms with Crippen molar-refractivity contribution in [2.75, 3.05) is 20.5 Å². The fourth-order valence-corrected chi connectivity index (χ4v) is 3.64. The van der Waals surface area contributed by atoms with Crippen LogP contribution in [0.2, 0.25) is 5.02 Å². The molecule has 0 unspecified atom stereocenters. The molecule has 3 N–H and O–H groups in total. The molecule has 178 valence electrons. The van der Waals surface area contributed by atoms with Crippen LogP contribution in [0, 0.1) is 0 Å². The Morgan fingerprint density at radius 1 is 0.771 bits per heavy atom. The molecule has 0 aromatic heterocycles. The summed E-state index contributed by atoms with van der Waals surface area (Å²) in [6, 6.07) is 20.2. The molecule has 3 aromatic carbocycles. The highest BCUT2D eigenvalue weighted by atomic mass is 35.5. The van der Waals surface area contributed by atoms with E-state index in [-0.39, 0.29) is 11.8 Å². The molecule has 0 spiro atoms. The van der Waals surface area contributed by atoms with E-state index in [0.29, 0.717) is 47.0 Å². The third kappa shape index (κ3) is 5.96.